The molecule has 8 heteroatoms. The van der Waals surface area contributed by atoms with E-state index in [0.29, 0.717) is 28.9 Å². The third-order valence-corrected chi connectivity index (χ3v) is 6.83. The molecule has 0 amide bonds. The SMILES string of the molecule is O=C(O)C1CCCN(S(=O)(=O)c2cccc(Cl)c2Br)C1. The Hall–Kier alpha value is -0.630. The number of carboxylic acids is 1. The molecule has 2 rings (SSSR count). The minimum Gasteiger partial charge on any atom is -0.481 e. The lowest BCUT2D eigenvalue weighted by molar-refractivity contribution is -0.142. The predicted molar refractivity (Wildman–Crippen MR) is 78.3 cm³/mol. The van der Waals surface area contributed by atoms with Crippen molar-refractivity contribution in [1.82, 2.24) is 4.31 Å². The second kappa shape index (κ2) is 6.01. The van der Waals surface area contributed by atoms with Gasteiger partial charge in [-0.25, -0.2) is 8.42 Å². The lowest BCUT2D eigenvalue weighted by Crippen LogP contribution is -2.42. The molecule has 0 saturated carbocycles. The summed E-state index contributed by atoms with van der Waals surface area (Å²) in [6.07, 6.45) is 1.03. The summed E-state index contributed by atoms with van der Waals surface area (Å²) in [4.78, 5) is 11.1. The number of hydrogen-bond donors (Lipinski definition) is 1. The molecule has 1 saturated heterocycles. The Balaban J connectivity index is 2.35. The largest absolute Gasteiger partial charge is 0.481 e. The molecule has 1 aromatic carbocycles. The van der Waals surface area contributed by atoms with Crippen molar-refractivity contribution < 1.29 is 18.3 Å². The maximum Gasteiger partial charge on any atom is 0.307 e. The fraction of sp³-hybridized carbons (Fsp3) is 0.417. The number of carbonyl (C=O) groups is 1. The van der Waals surface area contributed by atoms with E-state index in [2.05, 4.69) is 15.9 Å². The highest BCUT2D eigenvalue weighted by atomic mass is 79.9. The van der Waals surface area contributed by atoms with Gasteiger partial charge >= 0.3 is 5.97 Å². The lowest BCUT2D eigenvalue weighted by Gasteiger charge is -2.30. The van der Waals surface area contributed by atoms with Gasteiger partial charge in [-0.2, -0.15) is 4.31 Å². The molecule has 0 radical (unpaired) electrons. The highest BCUT2D eigenvalue weighted by Gasteiger charge is 2.34. The number of carboxylic acid groups (broad SMARTS) is 1. The highest BCUT2D eigenvalue weighted by molar-refractivity contribution is 9.10. The number of hydrogen-bond acceptors (Lipinski definition) is 3. The molecule has 0 bridgehead atoms. The summed E-state index contributed by atoms with van der Waals surface area (Å²) in [5.74, 6) is -1.62. The van der Waals surface area contributed by atoms with E-state index in [1.54, 1.807) is 12.1 Å². The molecule has 1 fully saturated rings. The molecule has 0 spiro atoms. The van der Waals surface area contributed by atoms with Crippen LogP contribution in [0.5, 0.6) is 0 Å². The lowest BCUT2D eigenvalue weighted by atomic mass is 10.0. The zero-order valence-electron chi connectivity index (χ0n) is 10.4. The van der Waals surface area contributed by atoms with Gasteiger partial charge in [-0.3, -0.25) is 4.79 Å². The Kier molecular flexibility index (Phi) is 4.73. The molecule has 20 heavy (non-hydrogen) atoms. The van der Waals surface area contributed by atoms with E-state index < -0.39 is 21.9 Å². The van der Waals surface area contributed by atoms with Crippen molar-refractivity contribution in [3.8, 4) is 0 Å². The summed E-state index contributed by atoms with van der Waals surface area (Å²) in [7, 11) is -3.74. The van der Waals surface area contributed by atoms with Crippen LogP contribution < -0.4 is 0 Å². The molecule has 0 aliphatic carbocycles. The zero-order valence-corrected chi connectivity index (χ0v) is 13.6. The van der Waals surface area contributed by atoms with E-state index in [1.807, 2.05) is 0 Å². The Morgan fingerprint density at radius 1 is 1.45 bits per heavy atom. The average molecular weight is 383 g/mol. The molecule has 1 unspecified atom stereocenters. The van der Waals surface area contributed by atoms with Crippen LogP contribution in [0.4, 0.5) is 0 Å². The molecule has 1 N–H and O–H groups in total. The number of aliphatic carboxylic acids is 1. The number of benzene rings is 1. The summed E-state index contributed by atoms with van der Waals surface area (Å²) < 4.78 is 26.7. The number of nitrogens with zero attached hydrogens (tertiary/aromatic N) is 1. The van der Waals surface area contributed by atoms with Crippen molar-refractivity contribution in [3.05, 3.63) is 27.7 Å². The van der Waals surface area contributed by atoms with Crippen LogP contribution in [0.2, 0.25) is 5.02 Å². The third kappa shape index (κ3) is 3.00. The van der Waals surface area contributed by atoms with Crippen LogP contribution in [-0.4, -0.2) is 36.9 Å². The standard InChI is InChI=1S/C12H13BrClNO4S/c13-11-9(14)4-1-5-10(11)20(18,19)15-6-2-3-8(7-15)12(16)17/h1,4-5,8H,2-3,6-7H2,(H,16,17). The predicted octanol–water partition coefficient (Wildman–Crippen LogP) is 2.59. The normalized spacial score (nSPS) is 20.8. The number of sulfonamides is 1. The summed E-state index contributed by atoms with van der Waals surface area (Å²) in [6.45, 7) is 0.321. The first-order valence-corrected chi connectivity index (χ1v) is 8.62. The van der Waals surface area contributed by atoms with E-state index >= 15 is 0 Å². The first-order valence-electron chi connectivity index (χ1n) is 6.01. The van der Waals surface area contributed by atoms with E-state index in [0.717, 1.165) is 0 Å². The molecular formula is C12H13BrClNO4S. The van der Waals surface area contributed by atoms with Crippen LogP contribution >= 0.6 is 27.5 Å². The smallest absolute Gasteiger partial charge is 0.307 e. The zero-order chi connectivity index (χ0) is 14.9. The number of piperidine rings is 1. The van der Waals surface area contributed by atoms with Gasteiger partial charge in [-0.15, -0.1) is 0 Å². The molecule has 0 aromatic heterocycles. The Bertz CT molecular complexity index is 634. The third-order valence-electron chi connectivity index (χ3n) is 3.27. The fourth-order valence-electron chi connectivity index (χ4n) is 2.18. The van der Waals surface area contributed by atoms with E-state index in [-0.39, 0.29) is 11.4 Å². The molecule has 1 aliphatic heterocycles. The van der Waals surface area contributed by atoms with Crippen LogP contribution in [0.3, 0.4) is 0 Å². The molecular weight excluding hydrogens is 370 g/mol. The van der Waals surface area contributed by atoms with Crippen molar-refractivity contribution in [2.24, 2.45) is 5.92 Å². The van der Waals surface area contributed by atoms with Crippen LogP contribution in [-0.2, 0) is 14.8 Å². The first-order chi connectivity index (χ1) is 9.34. The summed E-state index contributed by atoms with van der Waals surface area (Å²) in [5.41, 5.74) is 0. The first kappa shape index (κ1) is 15.8. The maximum absolute atomic E-state index is 12.6. The van der Waals surface area contributed by atoms with Crippen molar-refractivity contribution in [1.29, 1.82) is 0 Å². The fourth-order valence-corrected chi connectivity index (χ4v) is 4.90. The Morgan fingerprint density at radius 2 is 2.15 bits per heavy atom. The van der Waals surface area contributed by atoms with Gasteiger partial charge in [0.25, 0.3) is 0 Å². The molecule has 1 aromatic rings. The average Bonchev–Trinajstić information content (AvgIpc) is 2.41. The maximum atomic E-state index is 12.6. The monoisotopic (exact) mass is 381 g/mol. The van der Waals surface area contributed by atoms with Crippen molar-refractivity contribution in [2.75, 3.05) is 13.1 Å². The molecule has 1 aliphatic rings. The second-order valence-corrected chi connectivity index (χ2v) is 7.70. The summed E-state index contributed by atoms with van der Waals surface area (Å²) in [5, 5.41) is 9.34. The van der Waals surface area contributed by atoms with Gasteiger partial charge in [0.05, 0.1) is 20.3 Å². The molecule has 110 valence electrons. The topological polar surface area (TPSA) is 74.7 Å². The molecule has 1 atom stereocenters. The highest BCUT2D eigenvalue weighted by Crippen LogP contribution is 2.32. The summed E-state index contributed by atoms with van der Waals surface area (Å²) in [6, 6.07) is 4.59. The quantitative estimate of drug-likeness (QED) is 0.872. The van der Waals surface area contributed by atoms with Crippen LogP contribution in [0, 0.1) is 5.92 Å². The Morgan fingerprint density at radius 3 is 2.80 bits per heavy atom. The van der Waals surface area contributed by atoms with Gasteiger partial charge in [0, 0.05) is 13.1 Å². The van der Waals surface area contributed by atoms with E-state index in [9.17, 15) is 13.2 Å². The minimum absolute atomic E-state index is 0.00335. The minimum atomic E-state index is -3.74. The van der Waals surface area contributed by atoms with E-state index in [4.69, 9.17) is 16.7 Å². The van der Waals surface area contributed by atoms with Gasteiger partial charge in [-0.1, -0.05) is 17.7 Å². The molecule has 1 heterocycles. The van der Waals surface area contributed by atoms with Crippen molar-refractivity contribution in [3.63, 3.8) is 0 Å². The number of rotatable bonds is 3. The summed E-state index contributed by atoms with van der Waals surface area (Å²) >= 11 is 9.09. The van der Waals surface area contributed by atoms with Crippen LogP contribution in [0.25, 0.3) is 0 Å². The van der Waals surface area contributed by atoms with Gasteiger partial charge < -0.3 is 5.11 Å². The second-order valence-electron chi connectivity index (χ2n) is 4.59. The van der Waals surface area contributed by atoms with Crippen LogP contribution in [0.15, 0.2) is 27.6 Å². The number of halogens is 2. The van der Waals surface area contributed by atoms with Crippen molar-refractivity contribution >= 4 is 43.5 Å². The van der Waals surface area contributed by atoms with Gasteiger partial charge in [-0.05, 0) is 40.9 Å². The Labute approximate surface area is 130 Å². The van der Waals surface area contributed by atoms with Gasteiger partial charge in [0.1, 0.15) is 0 Å². The van der Waals surface area contributed by atoms with Gasteiger partial charge in [0.15, 0.2) is 0 Å². The van der Waals surface area contributed by atoms with Gasteiger partial charge in [0.2, 0.25) is 10.0 Å². The van der Waals surface area contributed by atoms with Crippen LogP contribution in [0.1, 0.15) is 12.8 Å². The van der Waals surface area contributed by atoms with Crippen molar-refractivity contribution in [2.45, 2.75) is 17.7 Å². The van der Waals surface area contributed by atoms with E-state index in [1.165, 1.54) is 10.4 Å². The molecule has 5 nitrogen and oxygen atoms in total.